The monoisotopic (exact) mass is 284 g/mol. The van der Waals surface area contributed by atoms with Gasteiger partial charge in [-0.25, -0.2) is 4.98 Å². The van der Waals surface area contributed by atoms with E-state index in [-0.39, 0.29) is 0 Å². The first-order valence-electron chi connectivity index (χ1n) is 6.02. The van der Waals surface area contributed by atoms with E-state index in [4.69, 9.17) is 6.42 Å². The summed E-state index contributed by atoms with van der Waals surface area (Å²) in [4.78, 5) is 11.9. The van der Waals surface area contributed by atoms with Gasteiger partial charge in [0.15, 0.2) is 0 Å². The molecule has 5 heteroatoms. The summed E-state index contributed by atoms with van der Waals surface area (Å²) in [7, 11) is 6.02. The van der Waals surface area contributed by atoms with Gasteiger partial charge in [-0.05, 0) is 12.0 Å². The van der Waals surface area contributed by atoms with E-state index in [0.717, 1.165) is 15.6 Å². The highest BCUT2D eigenvalue weighted by molar-refractivity contribution is 7.99. The fourth-order valence-electron chi connectivity index (χ4n) is 1.76. The highest BCUT2D eigenvalue weighted by Crippen LogP contribution is 2.34. The number of aromatic nitrogens is 3. The van der Waals surface area contributed by atoms with E-state index in [1.165, 1.54) is 0 Å². The van der Waals surface area contributed by atoms with Crippen LogP contribution in [-0.4, -0.2) is 28.6 Å². The zero-order valence-corrected chi connectivity index (χ0v) is 12.6. The Hall–Kier alpha value is -2.19. The molecule has 0 aliphatic rings. The number of aryl methyl sites for hydroxylation is 1. The third-order valence-electron chi connectivity index (χ3n) is 2.70. The molecule has 0 saturated carbocycles. The Balaban J connectivity index is 2.36. The van der Waals surface area contributed by atoms with Crippen molar-refractivity contribution in [2.45, 2.75) is 9.92 Å². The molecule has 4 nitrogen and oxygen atoms in total. The largest absolute Gasteiger partial charge is 0.376 e. The molecule has 0 N–H and O–H groups in total. The molecule has 0 radical (unpaired) electrons. The molecular formula is C15H16N4S. The fourth-order valence-corrected chi connectivity index (χ4v) is 2.79. The lowest BCUT2D eigenvalue weighted by atomic mass is 10.3. The molecule has 0 atom stereocenters. The first-order chi connectivity index (χ1) is 9.55. The summed E-state index contributed by atoms with van der Waals surface area (Å²) >= 11 is 1.55. The molecule has 0 unspecified atom stereocenters. The lowest BCUT2D eigenvalue weighted by Gasteiger charge is -2.12. The second-order valence-corrected chi connectivity index (χ2v) is 5.52. The molecule has 0 aliphatic heterocycles. The van der Waals surface area contributed by atoms with Gasteiger partial charge in [-0.1, -0.05) is 18.3 Å². The SMILES string of the molecule is C#Cc1nc(Sc2cn(C)cc2N(C)C)cnc1C=C. The minimum Gasteiger partial charge on any atom is -0.376 e. The smallest absolute Gasteiger partial charge is 0.139 e. The van der Waals surface area contributed by atoms with Crippen LogP contribution in [0.1, 0.15) is 11.4 Å². The molecule has 102 valence electrons. The number of anilines is 1. The zero-order chi connectivity index (χ0) is 14.7. The van der Waals surface area contributed by atoms with Crippen LogP contribution >= 0.6 is 11.8 Å². The van der Waals surface area contributed by atoms with Gasteiger partial charge in [-0.15, -0.1) is 6.42 Å². The molecule has 0 amide bonds. The fraction of sp³-hybridized carbons (Fsp3) is 0.200. The van der Waals surface area contributed by atoms with Crippen LogP contribution in [0.3, 0.4) is 0 Å². The maximum atomic E-state index is 5.45. The van der Waals surface area contributed by atoms with E-state index in [2.05, 4.69) is 39.8 Å². The Morgan fingerprint density at radius 2 is 2.20 bits per heavy atom. The molecule has 0 bridgehead atoms. The topological polar surface area (TPSA) is 34.0 Å². The number of rotatable bonds is 4. The Morgan fingerprint density at radius 1 is 1.45 bits per heavy atom. The number of hydrogen-bond donors (Lipinski definition) is 0. The van der Waals surface area contributed by atoms with Gasteiger partial charge >= 0.3 is 0 Å². The van der Waals surface area contributed by atoms with Crippen LogP contribution in [0.5, 0.6) is 0 Å². The minimum atomic E-state index is 0.521. The Bertz CT molecular complexity index is 680. The van der Waals surface area contributed by atoms with Crippen LogP contribution in [0, 0.1) is 12.3 Å². The second kappa shape index (κ2) is 5.85. The van der Waals surface area contributed by atoms with E-state index in [9.17, 15) is 0 Å². The van der Waals surface area contributed by atoms with Crippen LogP contribution < -0.4 is 4.90 Å². The summed E-state index contributed by atoms with van der Waals surface area (Å²) in [5.41, 5.74) is 2.29. The van der Waals surface area contributed by atoms with Crippen LogP contribution in [-0.2, 0) is 7.05 Å². The van der Waals surface area contributed by atoms with Crippen molar-refractivity contribution in [1.82, 2.24) is 14.5 Å². The van der Waals surface area contributed by atoms with Gasteiger partial charge < -0.3 is 9.47 Å². The van der Waals surface area contributed by atoms with E-state index < -0.39 is 0 Å². The van der Waals surface area contributed by atoms with Crippen LogP contribution in [0.2, 0.25) is 0 Å². The van der Waals surface area contributed by atoms with E-state index >= 15 is 0 Å². The van der Waals surface area contributed by atoms with Gasteiger partial charge in [0, 0.05) is 33.5 Å². The highest BCUT2D eigenvalue weighted by atomic mass is 32.2. The lowest BCUT2D eigenvalue weighted by molar-refractivity contribution is 0.918. The maximum Gasteiger partial charge on any atom is 0.139 e. The quantitative estimate of drug-likeness (QED) is 0.808. The predicted molar refractivity (Wildman–Crippen MR) is 83.9 cm³/mol. The summed E-state index contributed by atoms with van der Waals surface area (Å²) in [6, 6.07) is 0. The third-order valence-corrected chi connectivity index (χ3v) is 3.64. The van der Waals surface area contributed by atoms with Crippen LogP contribution in [0.4, 0.5) is 5.69 Å². The normalized spacial score (nSPS) is 10.1. The Morgan fingerprint density at radius 3 is 2.80 bits per heavy atom. The van der Waals surface area contributed by atoms with Gasteiger partial charge in [0.25, 0.3) is 0 Å². The number of terminal acetylenes is 1. The van der Waals surface area contributed by atoms with Gasteiger partial charge in [0.2, 0.25) is 0 Å². The third kappa shape index (κ3) is 2.86. The van der Waals surface area contributed by atoms with E-state index in [1.54, 1.807) is 24.0 Å². The predicted octanol–water partition coefficient (Wildman–Crippen LogP) is 2.66. The van der Waals surface area contributed by atoms with Crippen molar-refractivity contribution < 1.29 is 0 Å². The average molecular weight is 284 g/mol. The maximum absolute atomic E-state index is 5.45. The standard InChI is InChI=1S/C15H16N4S/c1-6-11-12(7-2)17-15(8-16-11)20-14-10-19(5)9-13(14)18(3)4/h2,6,8-10H,1H2,3-5H3. The highest BCUT2D eigenvalue weighted by Gasteiger charge is 2.11. The molecule has 0 aromatic carbocycles. The lowest BCUT2D eigenvalue weighted by Crippen LogP contribution is -2.08. The molecule has 0 saturated heterocycles. The molecule has 0 spiro atoms. The van der Waals surface area contributed by atoms with E-state index in [0.29, 0.717) is 11.4 Å². The number of hydrogen-bond acceptors (Lipinski definition) is 4. The molecule has 2 aromatic rings. The van der Waals surface area contributed by atoms with Crippen molar-refractivity contribution in [3.05, 3.63) is 36.6 Å². The Labute approximate surface area is 123 Å². The summed E-state index contributed by atoms with van der Waals surface area (Å²) in [6.45, 7) is 3.68. The zero-order valence-electron chi connectivity index (χ0n) is 11.8. The van der Waals surface area contributed by atoms with Crippen molar-refractivity contribution in [3.8, 4) is 12.3 Å². The first kappa shape index (κ1) is 14.2. The van der Waals surface area contributed by atoms with Crippen molar-refractivity contribution >= 4 is 23.5 Å². The van der Waals surface area contributed by atoms with Gasteiger partial charge in [0.1, 0.15) is 10.7 Å². The summed E-state index contributed by atoms with van der Waals surface area (Å²) in [5.74, 6) is 2.54. The van der Waals surface area contributed by atoms with Crippen molar-refractivity contribution in [1.29, 1.82) is 0 Å². The van der Waals surface area contributed by atoms with Gasteiger partial charge in [0.05, 0.1) is 22.5 Å². The first-order valence-corrected chi connectivity index (χ1v) is 6.84. The number of nitrogens with zero attached hydrogens (tertiary/aromatic N) is 4. The average Bonchev–Trinajstić information content (AvgIpc) is 2.79. The van der Waals surface area contributed by atoms with E-state index in [1.807, 2.05) is 25.7 Å². The van der Waals surface area contributed by atoms with Crippen molar-refractivity contribution in [3.63, 3.8) is 0 Å². The minimum absolute atomic E-state index is 0.521. The van der Waals surface area contributed by atoms with Crippen LogP contribution in [0.15, 0.2) is 35.1 Å². The molecule has 2 rings (SSSR count). The van der Waals surface area contributed by atoms with Crippen molar-refractivity contribution in [2.75, 3.05) is 19.0 Å². The molecule has 0 aliphatic carbocycles. The van der Waals surface area contributed by atoms with Gasteiger partial charge in [-0.3, -0.25) is 4.98 Å². The molecule has 2 heterocycles. The molecular weight excluding hydrogens is 268 g/mol. The summed E-state index contributed by atoms with van der Waals surface area (Å²) in [5, 5.41) is 0.776. The summed E-state index contributed by atoms with van der Waals surface area (Å²) in [6.07, 6.45) is 12.9. The molecule has 20 heavy (non-hydrogen) atoms. The molecule has 2 aromatic heterocycles. The van der Waals surface area contributed by atoms with Crippen molar-refractivity contribution in [2.24, 2.45) is 7.05 Å². The Kier molecular flexibility index (Phi) is 4.16. The van der Waals surface area contributed by atoms with Gasteiger partial charge in [-0.2, -0.15) is 0 Å². The summed E-state index contributed by atoms with van der Waals surface area (Å²) < 4.78 is 2.02. The molecule has 0 fully saturated rings. The van der Waals surface area contributed by atoms with Crippen LogP contribution in [0.25, 0.3) is 6.08 Å². The second-order valence-electron chi connectivity index (χ2n) is 4.46.